The van der Waals surface area contributed by atoms with Gasteiger partial charge in [-0.3, -0.25) is 4.57 Å². The van der Waals surface area contributed by atoms with Crippen LogP contribution in [-0.2, 0) is 0 Å². The van der Waals surface area contributed by atoms with Crippen LogP contribution in [0.4, 0.5) is 0 Å². The number of nitrogens with zero attached hydrogens (tertiary/aromatic N) is 4. The van der Waals surface area contributed by atoms with Gasteiger partial charge in [-0.1, -0.05) is 157 Å². The van der Waals surface area contributed by atoms with Gasteiger partial charge in [-0.2, -0.15) is 0 Å². The fraction of sp³-hybridized carbons (Fsp3) is 0. The number of para-hydroxylation sites is 1. The number of aromatic nitrogens is 4. The second kappa shape index (κ2) is 13.4. The van der Waals surface area contributed by atoms with Crippen molar-refractivity contribution >= 4 is 67.1 Å². The lowest BCUT2D eigenvalue weighted by Crippen LogP contribution is -2.05. The van der Waals surface area contributed by atoms with Crippen LogP contribution in [0.15, 0.2) is 214 Å². The van der Waals surface area contributed by atoms with Crippen LogP contribution in [0, 0.1) is 0 Å². The molecule has 0 unspecified atom stereocenters. The predicted molar refractivity (Wildman–Crippen MR) is 242 cm³/mol. The molecule has 0 bridgehead atoms. The molecule has 4 heterocycles. The Morgan fingerprint density at radius 1 is 0.397 bits per heavy atom. The van der Waals surface area contributed by atoms with Crippen LogP contribution < -0.4 is 0 Å². The van der Waals surface area contributed by atoms with Gasteiger partial charge >= 0.3 is 0 Å². The minimum absolute atomic E-state index is 0.639. The van der Waals surface area contributed by atoms with Gasteiger partial charge in [0.05, 0.1) is 27.8 Å². The van der Waals surface area contributed by atoms with E-state index in [0.717, 1.165) is 50.3 Å². The van der Waals surface area contributed by atoms with Gasteiger partial charge in [0.25, 0.3) is 0 Å². The average molecular weight is 777 g/mol. The lowest BCUT2D eigenvalue weighted by molar-refractivity contribution is 1.01. The Morgan fingerprint density at radius 2 is 1.02 bits per heavy atom. The molecule has 0 N–H and O–H groups in total. The summed E-state index contributed by atoms with van der Waals surface area (Å²) in [6.07, 6.45) is 0. The first kappa shape index (κ1) is 33.3. The largest absolute Gasteiger partial charge is 0.306 e. The van der Waals surface area contributed by atoms with Gasteiger partial charge in [-0.15, -0.1) is 0 Å². The topological polar surface area (TPSA) is 35.6 Å². The molecule has 58 heavy (non-hydrogen) atoms. The maximum Gasteiger partial charge on any atom is 0.235 e. The highest BCUT2D eigenvalue weighted by Gasteiger charge is 2.24. The highest BCUT2D eigenvalue weighted by molar-refractivity contribution is 8.05. The molecule has 11 aromatic rings. The third kappa shape index (κ3) is 5.33. The summed E-state index contributed by atoms with van der Waals surface area (Å²) in [5, 5.41) is 4.78. The molecular weight excluding hydrogens is 745 g/mol. The molecule has 0 amide bonds. The minimum atomic E-state index is 0.639. The molecule has 0 atom stereocenters. The van der Waals surface area contributed by atoms with Crippen molar-refractivity contribution in [2.45, 2.75) is 19.6 Å². The number of hydrogen-bond donors (Lipinski definition) is 0. The Bertz CT molecular complexity index is 3390. The van der Waals surface area contributed by atoms with E-state index in [-0.39, 0.29) is 0 Å². The van der Waals surface area contributed by atoms with Crippen LogP contribution in [0.2, 0.25) is 0 Å². The smallest absolute Gasteiger partial charge is 0.235 e. The summed E-state index contributed by atoms with van der Waals surface area (Å²) in [5.41, 5.74) is 11.5. The molecule has 0 saturated carbocycles. The van der Waals surface area contributed by atoms with E-state index in [1.807, 2.05) is 23.5 Å². The number of benzene rings is 8. The van der Waals surface area contributed by atoms with Gasteiger partial charge < -0.3 is 4.57 Å². The Labute approximate surface area is 343 Å². The zero-order chi connectivity index (χ0) is 38.2. The van der Waals surface area contributed by atoms with Crippen LogP contribution in [-0.4, -0.2) is 19.1 Å². The average Bonchev–Trinajstić information content (AvgIpc) is 3.85. The first-order valence-electron chi connectivity index (χ1n) is 19.4. The van der Waals surface area contributed by atoms with Gasteiger partial charge in [0.15, 0.2) is 0 Å². The lowest BCUT2D eigenvalue weighted by atomic mass is 10.00. The van der Waals surface area contributed by atoms with E-state index in [0.29, 0.717) is 5.95 Å². The normalized spacial score (nSPS) is 12.3. The van der Waals surface area contributed by atoms with E-state index in [4.69, 9.17) is 9.97 Å². The van der Waals surface area contributed by atoms with E-state index in [1.165, 1.54) is 52.3 Å². The fourth-order valence-electron chi connectivity index (χ4n) is 8.55. The molecule has 0 saturated heterocycles. The predicted octanol–water partition coefficient (Wildman–Crippen LogP) is 14.3. The molecule has 8 aromatic carbocycles. The van der Waals surface area contributed by atoms with Crippen molar-refractivity contribution < 1.29 is 0 Å². The van der Waals surface area contributed by atoms with E-state index in [2.05, 4.69) is 203 Å². The molecule has 4 nitrogen and oxygen atoms in total. The van der Waals surface area contributed by atoms with Crippen LogP contribution >= 0.6 is 23.5 Å². The van der Waals surface area contributed by atoms with Crippen molar-refractivity contribution in [3.05, 3.63) is 194 Å². The van der Waals surface area contributed by atoms with Gasteiger partial charge in [-0.05, 0) is 88.1 Å². The van der Waals surface area contributed by atoms with Gasteiger partial charge in [0, 0.05) is 41.6 Å². The molecule has 1 aliphatic heterocycles. The van der Waals surface area contributed by atoms with E-state index in [9.17, 15) is 0 Å². The summed E-state index contributed by atoms with van der Waals surface area (Å²) in [7, 11) is 0. The maximum atomic E-state index is 5.56. The Hall–Kier alpha value is -6.86. The third-order valence-electron chi connectivity index (χ3n) is 11.2. The maximum absolute atomic E-state index is 5.56. The number of rotatable bonds is 5. The SMILES string of the molecule is c1ccc(-c2nc(-n3c4ccc(-c5ccc6c(c5)Sc5ccccc5S6)cc4c4c5ccccc5ccc43)nc3cc(-c4ccccc4)n(-c4ccccc4)c23)cc1. The summed E-state index contributed by atoms with van der Waals surface area (Å²) < 4.78 is 4.58. The molecule has 272 valence electrons. The number of fused-ring (bicyclic) bond motifs is 8. The van der Waals surface area contributed by atoms with Crippen LogP contribution in [0.5, 0.6) is 0 Å². The van der Waals surface area contributed by atoms with Gasteiger partial charge in [0.1, 0.15) is 5.69 Å². The van der Waals surface area contributed by atoms with Crippen molar-refractivity contribution in [3.8, 4) is 45.3 Å². The summed E-state index contributed by atoms with van der Waals surface area (Å²) in [6.45, 7) is 0. The van der Waals surface area contributed by atoms with Crippen LogP contribution in [0.1, 0.15) is 0 Å². The van der Waals surface area contributed by atoms with Crippen molar-refractivity contribution in [2.75, 3.05) is 0 Å². The van der Waals surface area contributed by atoms with Crippen molar-refractivity contribution in [3.63, 3.8) is 0 Å². The first-order valence-corrected chi connectivity index (χ1v) is 21.0. The quantitative estimate of drug-likeness (QED) is 0.174. The monoisotopic (exact) mass is 776 g/mol. The van der Waals surface area contributed by atoms with Crippen LogP contribution in [0.25, 0.3) is 88.9 Å². The van der Waals surface area contributed by atoms with Gasteiger partial charge in [-0.25, -0.2) is 9.97 Å². The minimum Gasteiger partial charge on any atom is -0.306 e. The molecule has 1 aliphatic rings. The highest BCUT2D eigenvalue weighted by atomic mass is 32.2. The zero-order valence-corrected chi connectivity index (χ0v) is 32.7. The van der Waals surface area contributed by atoms with E-state index >= 15 is 0 Å². The molecule has 6 heteroatoms. The molecule has 0 radical (unpaired) electrons. The Balaban J connectivity index is 1.12. The first-order chi connectivity index (χ1) is 28.7. The zero-order valence-electron chi connectivity index (χ0n) is 31.1. The number of hydrogen-bond acceptors (Lipinski definition) is 4. The summed E-state index contributed by atoms with van der Waals surface area (Å²) in [6, 6.07) is 69.5. The fourth-order valence-corrected chi connectivity index (χ4v) is 10.8. The van der Waals surface area contributed by atoms with E-state index in [1.54, 1.807) is 0 Å². The molecule has 0 fully saturated rings. The molecular formula is C52H32N4S2. The molecule has 0 spiro atoms. The van der Waals surface area contributed by atoms with Crippen molar-refractivity contribution in [1.82, 2.24) is 19.1 Å². The van der Waals surface area contributed by atoms with Crippen LogP contribution in [0.3, 0.4) is 0 Å². The summed E-state index contributed by atoms with van der Waals surface area (Å²) in [5.74, 6) is 0.639. The van der Waals surface area contributed by atoms with Crippen molar-refractivity contribution in [2.24, 2.45) is 0 Å². The highest BCUT2D eigenvalue weighted by Crippen LogP contribution is 2.49. The second-order valence-electron chi connectivity index (χ2n) is 14.6. The summed E-state index contributed by atoms with van der Waals surface area (Å²) in [4.78, 5) is 16.3. The Kier molecular flexibility index (Phi) is 7.68. The van der Waals surface area contributed by atoms with Crippen molar-refractivity contribution in [1.29, 1.82) is 0 Å². The third-order valence-corrected chi connectivity index (χ3v) is 13.7. The Morgan fingerprint density at radius 3 is 1.81 bits per heavy atom. The van der Waals surface area contributed by atoms with E-state index < -0.39 is 0 Å². The summed E-state index contributed by atoms with van der Waals surface area (Å²) >= 11 is 3.71. The molecule has 3 aromatic heterocycles. The molecule has 12 rings (SSSR count). The lowest BCUT2D eigenvalue weighted by Gasteiger charge is -2.19. The molecule has 0 aliphatic carbocycles. The standard InChI is InChI=1S/C52H32N4S2/c1-4-15-34(16-5-1)44-32-41-51(55(44)38-19-8-3-9-20-38)50(35-17-6-2-7-18-35)54-52(53-41)56-42-27-25-36(30-40(42)49-39-21-11-10-14-33(39)24-28-43(49)56)37-26-29-47-48(31-37)58-46-23-13-12-22-45(46)57-47/h1-32H. The van der Waals surface area contributed by atoms with Gasteiger partial charge in [0.2, 0.25) is 5.95 Å². The second-order valence-corrected chi connectivity index (χ2v) is 16.8.